The van der Waals surface area contributed by atoms with Gasteiger partial charge in [0.1, 0.15) is 6.04 Å². The summed E-state index contributed by atoms with van der Waals surface area (Å²) >= 11 is 0. The van der Waals surface area contributed by atoms with E-state index in [0.29, 0.717) is 5.92 Å². The van der Waals surface area contributed by atoms with Crippen LogP contribution in [-0.4, -0.2) is 23.7 Å². The zero-order valence-electron chi connectivity index (χ0n) is 10.1. The predicted molar refractivity (Wildman–Crippen MR) is 67.0 cm³/mol. The van der Waals surface area contributed by atoms with Gasteiger partial charge in [-0.25, -0.2) is 0 Å². The number of carboxylic acid groups (broad SMARTS) is 1. The first-order chi connectivity index (χ1) is 8.18. The van der Waals surface area contributed by atoms with Crippen molar-refractivity contribution in [3.8, 4) is 0 Å². The van der Waals surface area contributed by atoms with Crippen LogP contribution in [0.5, 0.6) is 0 Å². The molecule has 0 aliphatic heterocycles. The summed E-state index contributed by atoms with van der Waals surface area (Å²) in [5, 5.41) is 12.5. The molecule has 1 aliphatic rings. The van der Waals surface area contributed by atoms with E-state index in [2.05, 4.69) is 5.32 Å². The molecular weight excluding hydrogens is 214 g/mol. The standard InChI is InChI=1S/C14H19NO2/c1-10(12-5-3-2-4-6-12)13(14(16)17)15-9-11-7-8-11/h2-6,10-11,13,15H,7-9H2,1H3,(H,16,17). The Labute approximate surface area is 102 Å². The van der Waals surface area contributed by atoms with E-state index in [9.17, 15) is 9.90 Å². The molecule has 1 saturated carbocycles. The molecular formula is C14H19NO2. The van der Waals surface area contributed by atoms with Gasteiger partial charge >= 0.3 is 5.97 Å². The van der Waals surface area contributed by atoms with Gasteiger partial charge in [-0.1, -0.05) is 37.3 Å². The van der Waals surface area contributed by atoms with E-state index in [1.54, 1.807) is 0 Å². The van der Waals surface area contributed by atoms with E-state index in [4.69, 9.17) is 0 Å². The molecule has 1 aliphatic carbocycles. The highest BCUT2D eigenvalue weighted by Gasteiger charge is 2.28. The fourth-order valence-corrected chi connectivity index (χ4v) is 2.04. The fourth-order valence-electron chi connectivity index (χ4n) is 2.04. The number of hydrogen-bond acceptors (Lipinski definition) is 2. The minimum atomic E-state index is -0.762. The lowest BCUT2D eigenvalue weighted by molar-refractivity contribution is -0.140. The van der Waals surface area contributed by atoms with Crippen molar-refractivity contribution in [1.29, 1.82) is 0 Å². The molecule has 0 heterocycles. The summed E-state index contributed by atoms with van der Waals surface area (Å²) < 4.78 is 0. The zero-order chi connectivity index (χ0) is 12.3. The molecule has 2 atom stereocenters. The monoisotopic (exact) mass is 233 g/mol. The molecule has 0 spiro atoms. The minimum absolute atomic E-state index is 0.00699. The molecule has 92 valence electrons. The van der Waals surface area contributed by atoms with Crippen LogP contribution >= 0.6 is 0 Å². The number of aliphatic carboxylic acids is 1. The Balaban J connectivity index is 2.01. The lowest BCUT2D eigenvalue weighted by Gasteiger charge is -2.21. The summed E-state index contributed by atoms with van der Waals surface area (Å²) in [6.45, 7) is 2.79. The molecule has 3 nitrogen and oxygen atoms in total. The molecule has 0 amide bonds. The van der Waals surface area contributed by atoms with Crippen LogP contribution in [0.15, 0.2) is 30.3 Å². The second-order valence-corrected chi connectivity index (χ2v) is 4.87. The van der Waals surface area contributed by atoms with Gasteiger partial charge in [-0.05, 0) is 30.9 Å². The molecule has 17 heavy (non-hydrogen) atoms. The number of benzene rings is 1. The second kappa shape index (κ2) is 5.32. The minimum Gasteiger partial charge on any atom is -0.480 e. The van der Waals surface area contributed by atoms with Crippen molar-refractivity contribution >= 4 is 5.97 Å². The van der Waals surface area contributed by atoms with Crippen molar-refractivity contribution in [1.82, 2.24) is 5.32 Å². The zero-order valence-corrected chi connectivity index (χ0v) is 10.1. The highest BCUT2D eigenvalue weighted by Crippen LogP contribution is 2.28. The maximum absolute atomic E-state index is 11.3. The Bertz CT molecular complexity index is 373. The number of hydrogen-bond donors (Lipinski definition) is 2. The Hall–Kier alpha value is -1.35. The molecule has 0 aromatic heterocycles. The SMILES string of the molecule is CC(c1ccccc1)C(NCC1CC1)C(=O)O. The van der Waals surface area contributed by atoms with Gasteiger partial charge in [0.15, 0.2) is 0 Å². The van der Waals surface area contributed by atoms with Crippen LogP contribution in [0.1, 0.15) is 31.2 Å². The number of rotatable bonds is 6. The maximum atomic E-state index is 11.3. The van der Waals surface area contributed by atoms with E-state index in [-0.39, 0.29) is 5.92 Å². The molecule has 2 N–H and O–H groups in total. The smallest absolute Gasteiger partial charge is 0.321 e. The summed E-state index contributed by atoms with van der Waals surface area (Å²) in [5.74, 6) is -0.0747. The Morgan fingerprint density at radius 2 is 2.06 bits per heavy atom. The first-order valence-electron chi connectivity index (χ1n) is 6.19. The third kappa shape index (κ3) is 3.30. The first kappa shape index (κ1) is 12.1. The highest BCUT2D eigenvalue weighted by atomic mass is 16.4. The van der Waals surface area contributed by atoms with Gasteiger partial charge in [0, 0.05) is 5.92 Å². The van der Waals surface area contributed by atoms with E-state index in [1.165, 1.54) is 12.8 Å². The van der Waals surface area contributed by atoms with Crippen LogP contribution < -0.4 is 5.32 Å². The molecule has 1 fully saturated rings. The molecule has 1 aromatic rings. The summed E-state index contributed by atoms with van der Waals surface area (Å²) in [7, 11) is 0. The summed E-state index contributed by atoms with van der Waals surface area (Å²) in [4.78, 5) is 11.3. The number of carbonyl (C=O) groups is 1. The predicted octanol–water partition coefficient (Wildman–Crippen LogP) is 2.24. The number of carboxylic acids is 1. The van der Waals surface area contributed by atoms with Crippen LogP contribution in [0.3, 0.4) is 0 Å². The topological polar surface area (TPSA) is 49.3 Å². The summed E-state index contributed by atoms with van der Waals surface area (Å²) in [6, 6.07) is 9.33. The summed E-state index contributed by atoms with van der Waals surface area (Å²) in [5.41, 5.74) is 1.07. The Morgan fingerprint density at radius 1 is 1.41 bits per heavy atom. The van der Waals surface area contributed by atoms with Gasteiger partial charge in [0.25, 0.3) is 0 Å². The quantitative estimate of drug-likeness (QED) is 0.792. The van der Waals surface area contributed by atoms with Crippen molar-refractivity contribution in [3.05, 3.63) is 35.9 Å². The van der Waals surface area contributed by atoms with Crippen LogP contribution in [0.25, 0.3) is 0 Å². The number of nitrogens with one attached hydrogen (secondary N) is 1. The van der Waals surface area contributed by atoms with Crippen LogP contribution in [0.4, 0.5) is 0 Å². The summed E-state index contributed by atoms with van der Waals surface area (Å²) in [6.07, 6.45) is 2.47. The van der Waals surface area contributed by atoms with Crippen molar-refractivity contribution in [3.63, 3.8) is 0 Å². The van der Waals surface area contributed by atoms with Crippen LogP contribution in [0.2, 0.25) is 0 Å². The molecule has 2 unspecified atom stereocenters. The lowest BCUT2D eigenvalue weighted by atomic mass is 9.93. The van der Waals surface area contributed by atoms with Gasteiger partial charge in [-0.2, -0.15) is 0 Å². The van der Waals surface area contributed by atoms with Gasteiger partial charge < -0.3 is 10.4 Å². The molecule has 2 rings (SSSR count). The van der Waals surface area contributed by atoms with Gasteiger partial charge in [0.05, 0.1) is 0 Å². The average molecular weight is 233 g/mol. The lowest BCUT2D eigenvalue weighted by Crippen LogP contribution is -2.41. The van der Waals surface area contributed by atoms with Gasteiger partial charge in [-0.15, -0.1) is 0 Å². The van der Waals surface area contributed by atoms with Crippen molar-refractivity contribution in [2.75, 3.05) is 6.54 Å². The van der Waals surface area contributed by atoms with Gasteiger partial charge in [0.2, 0.25) is 0 Å². The van der Waals surface area contributed by atoms with Crippen molar-refractivity contribution in [2.24, 2.45) is 5.92 Å². The van der Waals surface area contributed by atoms with E-state index in [0.717, 1.165) is 12.1 Å². The highest BCUT2D eigenvalue weighted by molar-refractivity contribution is 5.75. The maximum Gasteiger partial charge on any atom is 0.321 e. The third-order valence-electron chi connectivity index (χ3n) is 3.41. The average Bonchev–Trinajstić information content (AvgIpc) is 3.14. The molecule has 0 bridgehead atoms. The molecule has 1 aromatic carbocycles. The fraction of sp³-hybridized carbons (Fsp3) is 0.500. The van der Waals surface area contributed by atoms with Crippen LogP contribution in [-0.2, 0) is 4.79 Å². The largest absolute Gasteiger partial charge is 0.480 e. The second-order valence-electron chi connectivity index (χ2n) is 4.87. The van der Waals surface area contributed by atoms with E-state index < -0.39 is 12.0 Å². The van der Waals surface area contributed by atoms with Crippen LogP contribution in [0, 0.1) is 5.92 Å². The van der Waals surface area contributed by atoms with Gasteiger partial charge in [-0.3, -0.25) is 4.79 Å². The van der Waals surface area contributed by atoms with E-state index in [1.807, 2.05) is 37.3 Å². The van der Waals surface area contributed by atoms with Crippen molar-refractivity contribution < 1.29 is 9.90 Å². The molecule has 0 radical (unpaired) electrons. The Morgan fingerprint density at radius 3 is 2.59 bits per heavy atom. The molecule has 0 saturated heterocycles. The first-order valence-corrected chi connectivity index (χ1v) is 6.19. The van der Waals surface area contributed by atoms with E-state index >= 15 is 0 Å². The normalized spacial score (nSPS) is 18.6. The third-order valence-corrected chi connectivity index (χ3v) is 3.41. The Kier molecular flexibility index (Phi) is 3.79. The van der Waals surface area contributed by atoms with Crippen molar-refractivity contribution in [2.45, 2.75) is 31.7 Å². The molecule has 3 heteroatoms.